The van der Waals surface area contributed by atoms with Gasteiger partial charge in [0.1, 0.15) is 6.54 Å². The molecule has 0 fully saturated rings. The van der Waals surface area contributed by atoms with E-state index in [0.717, 1.165) is 35.0 Å². The molecule has 140 valence electrons. The third-order valence-corrected chi connectivity index (χ3v) is 4.90. The minimum absolute atomic E-state index is 0.0296. The first kappa shape index (κ1) is 17.5. The van der Waals surface area contributed by atoms with E-state index < -0.39 is 11.9 Å². The van der Waals surface area contributed by atoms with Crippen LogP contribution in [0.1, 0.15) is 24.6 Å². The van der Waals surface area contributed by atoms with Crippen LogP contribution in [0.5, 0.6) is 0 Å². The van der Waals surface area contributed by atoms with E-state index in [2.05, 4.69) is 10.1 Å². The number of carbonyl (C=O) groups is 1. The lowest BCUT2D eigenvalue weighted by molar-refractivity contribution is -0.140. The molecule has 3 aromatic rings. The Morgan fingerprint density at radius 1 is 1.26 bits per heavy atom. The molecule has 0 unspecified atom stereocenters. The fourth-order valence-electron chi connectivity index (χ4n) is 3.63. The molecule has 0 bridgehead atoms. The Hall–Kier alpha value is -2.90. The maximum absolute atomic E-state index is 13.3. The van der Waals surface area contributed by atoms with Crippen molar-refractivity contribution in [3.05, 3.63) is 54.0 Å². The number of aryl methyl sites for hydroxylation is 1. The van der Waals surface area contributed by atoms with Gasteiger partial charge in [-0.2, -0.15) is 18.3 Å². The van der Waals surface area contributed by atoms with Crippen molar-refractivity contribution in [3.8, 4) is 0 Å². The zero-order valence-electron chi connectivity index (χ0n) is 14.6. The van der Waals surface area contributed by atoms with Gasteiger partial charge in [0.25, 0.3) is 0 Å². The predicted molar refractivity (Wildman–Crippen MR) is 94.2 cm³/mol. The monoisotopic (exact) mass is 374 g/mol. The first-order valence-electron chi connectivity index (χ1n) is 8.64. The number of pyridine rings is 1. The van der Waals surface area contributed by atoms with Crippen LogP contribution in [0.15, 0.2) is 42.7 Å². The number of halogens is 3. The lowest BCUT2D eigenvalue weighted by atomic mass is 9.96. The fourth-order valence-corrected chi connectivity index (χ4v) is 3.63. The van der Waals surface area contributed by atoms with E-state index in [9.17, 15) is 18.0 Å². The highest BCUT2D eigenvalue weighted by molar-refractivity contribution is 5.96. The number of hydrogen-bond donors (Lipinski definition) is 0. The number of amides is 1. The Morgan fingerprint density at radius 3 is 2.81 bits per heavy atom. The van der Waals surface area contributed by atoms with Crippen LogP contribution in [0.3, 0.4) is 0 Å². The van der Waals surface area contributed by atoms with Gasteiger partial charge in [0.15, 0.2) is 5.69 Å². The Balaban J connectivity index is 1.72. The fraction of sp³-hybridized carbons (Fsp3) is 0.316. The third kappa shape index (κ3) is 3.05. The highest BCUT2D eigenvalue weighted by Gasteiger charge is 2.37. The number of carbonyl (C=O) groups excluding carboxylic acids is 1. The van der Waals surface area contributed by atoms with E-state index in [1.807, 2.05) is 31.2 Å². The summed E-state index contributed by atoms with van der Waals surface area (Å²) in [4.78, 5) is 18.4. The van der Waals surface area contributed by atoms with Gasteiger partial charge < -0.3 is 4.90 Å². The van der Waals surface area contributed by atoms with Crippen LogP contribution in [-0.2, 0) is 23.9 Å². The number of anilines is 1. The summed E-state index contributed by atoms with van der Waals surface area (Å²) >= 11 is 0. The van der Waals surface area contributed by atoms with Crippen LogP contribution in [0.2, 0.25) is 0 Å². The number of benzene rings is 1. The molecular weight excluding hydrogens is 357 g/mol. The van der Waals surface area contributed by atoms with Crippen LogP contribution in [0.4, 0.5) is 18.9 Å². The molecule has 1 aliphatic heterocycles. The lowest BCUT2D eigenvalue weighted by Crippen LogP contribution is -2.43. The predicted octanol–water partition coefficient (Wildman–Crippen LogP) is 3.82. The van der Waals surface area contributed by atoms with Crippen LogP contribution in [-0.4, -0.2) is 26.7 Å². The maximum atomic E-state index is 13.3. The molecule has 0 spiro atoms. The van der Waals surface area contributed by atoms with Gasteiger partial charge in [0, 0.05) is 24.1 Å². The summed E-state index contributed by atoms with van der Waals surface area (Å²) in [5, 5.41) is 3.57. The Bertz CT molecular complexity index is 1010. The Morgan fingerprint density at radius 2 is 2.04 bits per heavy atom. The largest absolute Gasteiger partial charge is 0.435 e. The smallest absolute Gasteiger partial charge is 0.308 e. The zero-order valence-corrected chi connectivity index (χ0v) is 14.6. The third-order valence-electron chi connectivity index (χ3n) is 4.90. The van der Waals surface area contributed by atoms with Crippen molar-refractivity contribution < 1.29 is 18.0 Å². The summed E-state index contributed by atoms with van der Waals surface area (Å²) in [5.41, 5.74) is 1.10. The van der Waals surface area contributed by atoms with E-state index in [0.29, 0.717) is 0 Å². The molecule has 27 heavy (non-hydrogen) atoms. The first-order valence-corrected chi connectivity index (χ1v) is 8.64. The van der Waals surface area contributed by atoms with Gasteiger partial charge in [0.05, 0.1) is 10.9 Å². The van der Waals surface area contributed by atoms with Crippen molar-refractivity contribution in [1.29, 1.82) is 0 Å². The van der Waals surface area contributed by atoms with E-state index >= 15 is 0 Å². The van der Waals surface area contributed by atoms with Gasteiger partial charge in [0.2, 0.25) is 5.91 Å². The molecule has 0 aliphatic carbocycles. The van der Waals surface area contributed by atoms with Crippen LogP contribution in [0, 0.1) is 0 Å². The second kappa shape index (κ2) is 6.37. The molecule has 1 amide bonds. The SMILES string of the molecule is C[C@@H]1CCc2ccccc2N1C(=O)Cn1nc(C(F)(F)F)c2cnccc21. The van der Waals surface area contributed by atoms with Gasteiger partial charge in [-0.05, 0) is 37.5 Å². The number of para-hydroxylation sites is 1. The van der Waals surface area contributed by atoms with E-state index in [4.69, 9.17) is 0 Å². The first-order chi connectivity index (χ1) is 12.9. The van der Waals surface area contributed by atoms with E-state index in [1.54, 1.807) is 4.90 Å². The molecule has 2 aromatic heterocycles. The highest BCUT2D eigenvalue weighted by atomic mass is 19.4. The van der Waals surface area contributed by atoms with Crippen LogP contribution < -0.4 is 4.90 Å². The van der Waals surface area contributed by atoms with Crippen molar-refractivity contribution >= 4 is 22.5 Å². The van der Waals surface area contributed by atoms with Crippen molar-refractivity contribution in [2.24, 2.45) is 0 Å². The summed E-state index contributed by atoms with van der Waals surface area (Å²) in [7, 11) is 0. The standard InChI is InChI=1S/C19H17F3N4O/c1-12-6-7-13-4-2-3-5-15(13)26(12)17(27)11-25-16-8-9-23-10-14(16)18(24-25)19(20,21)22/h2-5,8-10,12H,6-7,11H2,1H3/t12-/m1/s1. The molecule has 0 N–H and O–H groups in total. The summed E-state index contributed by atoms with van der Waals surface area (Å²) in [5.74, 6) is -0.287. The molecule has 1 aliphatic rings. The number of fused-ring (bicyclic) bond motifs is 2. The topological polar surface area (TPSA) is 51.0 Å². The second-order valence-electron chi connectivity index (χ2n) is 6.68. The van der Waals surface area contributed by atoms with E-state index in [1.165, 1.54) is 12.3 Å². The number of rotatable bonds is 2. The molecule has 0 saturated carbocycles. The van der Waals surface area contributed by atoms with Gasteiger partial charge in [-0.25, -0.2) is 0 Å². The number of aromatic nitrogens is 3. The maximum Gasteiger partial charge on any atom is 0.435 e. The molecule has 8 heteroatoms. The average molecular weight is 374 g/mol. The Labute approximate surface area is 153 Å². The minimum atomic E-state index is -4.61. The van der Waals surface area contributed by atoms with Gasteiger partial charge in [-0.1, -0.05) is 18.2 Å². The number of nitrogens with zero attached hydrogens (tertiary/aromatic N) is 4. The lowest BCUT2D eigenvalue weighted by Gasteiger charge is -2.35. The average Bonchev–Trinajstić information content (AvgIpc) is 3.00. The van der Waals surface area contributed by atoms with Crippen molar-refractivity contribution in [1.82, 2.24) is 14.8 Å². The Kier molecular flexibility index (Phi) is 4.13. The van der Waals surface area contributed by atoms with Gasteiger partial charge >= 0.3 is 6.18 Å². The second-order valence-corrected chi connectivity index (χ2v) is 6.68. The zero-order chi connectivity index (χ0) is 19.2. The summed E-state index contributed by atoms with van der Waals surface area (Å²) in [6.07, 6.45) is -0.411. The van der Waals surface area contributed by atoms with Crippen molar-refractivity contribution in [3.63, 3.8) is 0 Å². The quantitative estimate of drug-likeness (QED) is 0.685. The van der Waals surface area contributed by atoms with Gasteiger partial charge in [-0.15, -0.1) is 0 Å². The summed E-state index contributed by atoms with van der Waals surface area (Å²) < 4.78 is 41.0. The summed E-state index contributed by atoms with van der Waals surface area (Å²) in [6, 6.07) is 9.03. The van der Waals surface area contributed by atoms with Crippen molar-refractivity contribution in [2.45, 2.75) is 38.5 Å². The molecule has 0 radical (unpaired) electrons. The minimum Gasteiger partial charge on any atom is -0.308 e. The molecule has 1 aromatic carbocycles. The molecule has 3 heterocycles. The molecule has 4 rings (SSSR count). The molecule has 5 nitrogen and oxygen atoms in total. The number of alkyl halides is 3. The van der Waals surface area contributed by atoms with E-state index in [-0.39, 0.29) is 29.4 Å². The van der Waals surface area contributed by atoms with Crippen molar-refractivity contribution in [2.75, 3.05) is 4.90 Å². The van der Waals surface area contributed by atoms with Gasteiger partial charge in [-0.3, -0.25) is 14.5 Å². The molecule has 0 saturated heterocycles. The summed E-state index contributed by atoms with van der Waals surface area (Å²) in [6.45, 7) is 1.68. The van der Waals surface area contributed by atoms with Crippen LogP contribution >= 0.6 is 0 Å². The highest BCUT2D eigenvalue weighted by Crippen LogP contribution is 2.34. The molecule has 1 atom stereocenters. The molecular formula is C19H17F3N4O. The normalized spacial score (nSPS) is 17.2. The van der Waals surface area contributed by atoms with Crippen LogP contribution in [0.25, 0.3) is 10.9 Å². The number of hydrogen-bond acceptors (Lipinski definition) is 3.